The molecule has 0 aliphatic carbocycles. The van der Waals surface area contributed by atoms with E-state index in [4.69, 9.17) is 15.9 Å². The number of amides is 6. The number of carbonyl (C=O) groups excluding carboxylic acids is 7. The van der Waals surface area contributed by atoms with Crippen LogP contribution in [0.2, 0.25) is 0 Å². The molecule has 0 aliphatic rings. The number of rotatable bonds is 29. The molecule has 0 spiro atoms. The number of anilines is 2. The fourth-order valence-corrected chi connectivity index (χ4v) is 7.12. The summed E-state index contributed by atoms with van der Waals surface area (Å²) in [6, 6.07) is 9.59. The van der Waals surface area contributed by atoms with E-state index in [0.717, 1.165) is 5.56 Å². The van der Waals surface area contributed by atoms with Crippen molar-refractivity contribution in [3.63, 3.8) is 0 Å². The lowest BCUT2D eigenvalue weighted by atomic mass is 9.98. The summed E-state index contributed by atoms with van der Waals surface area (Å²) < 4.78 is 14.2. The van der Waals surface area contributed by atoms with Crippen LogP contribution >= 0.6 is 0 Å². The number of nitrogens with one attached hydrogen (secondary N) is 7. The third-order valence-corrected chi connectivity index (χ3v) is 11.0. The van der Waals surface area contributed by atoms with Crippen molar-refractivity contribution >= 4 is 93.5 Å². The largest absolute Gasteiger partial charge is 0.481 e. The maximum Gasteiger partial charge on any atom is 0.326 e. The fourth-order valence-electron chi connectivity index (χ4n) is 7.12. The van der Waals surface area contributed by atoms with Crippen LogP contribution < -0.4 is 37.6 Å². The van der Waals surface area contributed by atoms with Gasteiger partial charge in [0.15, 0.2) is 11.7 Å². The van der Waals surface area contributed by atoms with Gasteiger partial charge in [0, 0.05) is 31.4 Å². The molecule has 0 fully saturated rings. The number of benzene rings is 3. The Bertz CT molecular complexity index is 2800. The van der Waals surface area contributed by atoms with E-state index in [0.29, 0.717) is 27.7 Å². The topological polar surface area (TPSA) is 433 Å². The highest BCUT2D eigenvalue weighted by Gasteiger charge is 2.31. The Kier molecular flexibility index (Phi) is 20.9. The van der Waals surface area contributed by atoms with Crippen LogP contribution in [-0.4, -0.2) is 138 Å². The number of aromatic nitrogens is 2. The number of aromatic amines is 1. The van der Waals surface area contributed by atoms with E-state index < -0.39 is 165 Å². The Hall–Kier alpha value is -9.14. The first-order valence-electron chi connectivity index (χ1n) is 22.4. The number of fused-ring (bicyclic) bond motifs is 1. The average Bonchev–Trinajstić information content (AvgIpc) is 3.74. The lowest BCUT2D eigenvalue weighted by Crippen LogP contribution is -2.50. The van der Waals surface area contributed by atoms with E-state index in [2.05, 4.69) is 36.8 Å². The van der Waals surface area contributed by atoms with Crippen molar-refractivity contribution in [2.75, 3.05) is 17.2 Å². The smallest absolute Gasteiger partial charge is 0.326 e. The minimum atomic E-state index is -2.07. The number of hydrogen-bond acceptors (Lipinski definition) is 14. The molecule has 6 amide bonds. The van der Waals surface area contributed by atoms with Gasteiger partial charge in [-0.05, 0) is 67.1 Å². The first-order valence-corrected chi connectivity index (χ1v) is 22.4. The number of Topliss-reactive ketones (excluding diaryl/α,β-unsaturated/α-hetero) is 1. The Labute approximate surface area is 418 Å². The second kappa shape index (κ2) is 26.9. The summed E-state index contributed by atoms with van der Waals surface area (Å²) in [6.07, 6.45) is -5.59. The van der Waals surface area contributed by atoms with Crippen LogP contribution in [0.25, 0.3) is 22.0 Å². The Balaban J connectivity index is 1.22. The molecule has 0 saturated heterocycles. The predicted octanol–water partition coefficient (Wildman–Crippen LogP) is 0.424. The van der Waals surface area contributed by atoms with Crippen molar-refractivity contribution in [3.05, 3.63) is 77.6 Å². The quantitative estimate of drug-likeness (QED) is 0.0328. The van der Waals surface area contributed by atoms with Gasteiger partial charge in [-0.25, -0.2) is 18.8 Å². The highest BCUT2D eigenvalue weighted by Crippen LogP contribution is 2.33. The van der Waals surface area contributed by atoms with E-state index in [1.807, 2.05) is 5.32 Å². The monoisotopic (exact) mass is 1030 g/mol. The van der Waals surface area contributed by atoms with Crippen molar-refractivity contribution in [2.24, 2.45) is 11.7 Å². The zero-order valence-corrected chi connectivity index (χ0v) is 39.3. The average molecular weight is 1030 g/mol. The van der Waals surface area contributed by atoms with Gasteiger partial charge in [-0.2, -0.15) is 5.10 Å². The summed E-state index contributed by atoms with van der Waals surface area (Å²) in [4.78, 5) is 146. The molecule has 26 nitrogen and oxygen atoms in total. The number of carboxylic acids is 5. The van der Waals surface area contributed by atoms with Gasteiger partial charge < -0.3 is 63.2 Å². The molecule has 0 radical (unpaired) electrons. The molecule has 74 heavy (non-hydrogen) atoms. The number of aliphatic carboxylic acids is 5. The van der Waals surface area contributed by atoms with E-state index >= 15 is 0 Å². The molecule has 4 aromatic rings. The third-order valence-electron chi connectivity index (χ3n) is 11.0. The Morgan fingerprint density at radius 2 is 1.20 bits per heavy atom. The first-order chi connectivity index (χ1) is 34.9. The molecule has 1 heterocycles. The normalized spacial score (nSPS) is 12.5. The number of ketones is 1. The third kappa shape index (κ3) is 17.6. The van der Waals surface area contributed by atoms with Crippen molar-refractivity contribution in [3.8, 4) is 11.1 Å². The summed E-state index contributed by atoms with van der Waals surface area (Å²) in [6.45, 7) is 1.18. The van der Waals surface area contributed by atoms with Crippen LogP contribution in [0.3, 0.4) is 0 Å². The Morgan fingerprint density at radius 1 is 0.635 bits per heavy atom. The fraction of sp³-hybridized carbons (Fsp3) is 0.340. The summed E-state index contributed by atoms with van der Waals surface area (Å²) in [7, 11) is 0. The SMILES string of the molecule is Cc1ccc(F)c(CC(=O)Nc2ccc(-c3cccc4[nH]nc(NC(=O)CNC(=O)C[C@H](N)C(=O)N[C@@H](CCC(=O)N[C@@H](CCC(=O)N[C@@H](CCC(=O)CC(C(=O)O)C(=O)O)C(=O)O)C(=O)O)C(=O)O)c34)cc2)c1. The van der Waals surface area contributed by atoms with Gasteiger partial charge in [0.25, 0.3) is 0 Å². The maximum atomic E-state index is 14.2. The molecule has 27 heteroatoms. The zero-order chi connectivity index (χ0) is 54.8. The minimum Gasteiger partial charge on any atom is -0.481 e. The van der Waals surface area contributed by atoms with Gasteiger partial charge in [0.05, 0.1) is 36.3 Å². The number of nitrogens with zero attached hydrogens (tertiary/aromatic N) is 1. The maximum absolute atomic E-state index is 14.2. The molecule has 4 atom stereocenters. The number of hydrogen-bond donors (Lipinski definition) is 13. The Morgan fingerprint density at radius 3 is 1.77 bits per heavy atom. The van der Waals surface area contributed by atoms with Gasteiger partial charge in [0.1, 0.15) is 29.7 Å². The number of carboxylic acid groups (broad SMARTS) is 5. The second-order valence-corrected chi connectivity index (χ2v) is 16.7. The molecular formula is C47H52FN9O17. The van der Waals surface area contributed by atoms with Gasteiger partial charge in [-0.15, -0.1) is 0 Å². The second-order valence-electron chi connectivity index (χ2n) is 16.7. The zero-order valence-electron chi connectivity index (χ0n) is 39.3. The molecular weight excluding hydrogens is 982 g/mol. The lowest BCUT2D eigenvalue weighted by Gasteiger charge is -2.19. The van der Waals surface area contributed by atoms with Crippen LogP contribution in [0.15, 0.2) is 60.7 Å². The molecule has 3 aromatic carbocycles. The van der Waals surface area contributed by atoms with Gasteiger partial charge in [-0.1, -0.05) is 42.0 Å². The van der Waals surface area contributed by atoms with E-state index in [1.54, 1.807) is 61.5 Å². The van der Waals surface area contributed by atoms with Crippen LogP contribution in [0, 0.1) is 18.7 Å². The van der Waals surface area contributed by atoms with Gasteiger partial charge in [0.2, 0.25) is 35.4 Å². The number of halogens is 1. The summed E-state index contributed by atoms with van der Waals surface area (Å²) in [5.41, 5.74) is 9.21. The number of H-pyrrole nitrogens is 1. The summed E-state index contributed by atoms with van der Waals surface area (Å²) in [5.74, 6) is -17.1. The van der Waals surface area contributed by atoms with E-state index in [-0.39, 0.29) is 17.8 Å². The minimum absolute atomic E-state index is 0.104. The molecule has 0 saturated carbocycles. The van der Waals surface area contributed by atoms with Crippen LogP contribution in [0.1, 0.15) is 62.5 Å². The predicted molar refractivity (Wildman–Crippen MR) is 254 cm³/mol. The van der Waals surface area contributed by atoms with Crippen molar-refractivity contribution in [2.45, 2.75) is 88.9 Å². The van der Waals surface area contributed by atoms with E-state index in [1.165, 1.54) is 6.07 Å². The molecule has 0 aliphatic heterocycles. The molecule has 14 N–H and O–H groups in total. The standard InChI is InChI=1S/C47H52FN9O17/c1-22-5-11-29(48)24(17-22)18-38(62)51-25-8-6-23(7-9-25)27-3-2-4-31-40(27)41(57-56-31)55-39(63)21-50-37(61)20-30(49)42(64)54-34(47(73)74)14-16-36(60)53-33(46(71)72)13-15-35(59)52-32(45(69)70)12-10-26(58)19-28(43(65)66)44(67)68/h2-9,11,17,28,30,32-34H,10,12-16,18-21,49H2,1H3,(H,50,61)(H,51,62)(H,52,59)(H,53,60)(H,54,64)(H,65,66)(H,67,68)(H,69,70)(H,71,72)(H,73,74)(H2,55,56,57,63)/t30-,32-,33-,34-/m0/s1. The van der Waals surface area contributed by atoms with Crippen LogP contribution in [-0.2, 0) is 64.0 Å². The lowest BCUT2D eigenvalue weighted by molar-refractivity contribution is -0.156. The molecule has 4 rings (SSSR count). The van der Waals surface area contributed by atoms with Crippen molar-refractivity contribution in [1.82, 2.24) is 31.5 Å². The van der Waals surface area contributed by atoms with Crippen LogP contribution in [0.5, 0.6) is 0 Å². The number of nitrogens with two attached hydrogens (primary N) is 1. The number of carbonyl (C=O) groups is 12. The molecule has 0 bridgehead atoms. The van der Waals surface area contributed by atoms with Crippen LogP contribution in [0.4, 0.5) is 15.9 Å². The first kappa shape index (κ1) is 57.4. The summed E-state index contributed by atoms with van der Waals surface area (Å²) in [5, 5.41) is 67.9. The molecule has 1 aromatic heterocycles. The van der Waals surface area contributed by atoms with Crippen molar-refractivity contribution < 1.29 is 87.5 Å². The van der Waals surface area contributed by atoms with Gasteiger partial charge >= 0.3 is 29.8 Å². The van der Waals surface area contributed by atoms with Crippen molar-refractivity contribution in [1.29, 1.82) is 0 Å². The number of aryl methyl sites for hydroxylation is 1. The molecule has 394 valence electrons. The van der Waals surface area contributed by atoms with Gasteiger partial charge in [-0.3, -0.25) is 48.2 Å². The van der Waals surface area contributed by atoms with E-state index in [9.17, 15) is 77.2 Å². The molecule has 0 unspecified atom stereocenters. The highest BCUT2D eigenvalue weighted by atomic mass is 19.1. The summed E-state index contributed by atoms with van der Waals surface area (Å²) >= 11 is 0. The highest BCUT2D eigenvalue weighted by molar-refractivity contribution is 6.08.